The second-order valence-electron chi connectivity index (χ2n) is 18.0. The van der Waals surface area contributed by atoms with Crippen molar-refractivity contribution in [3.05, 3.63) is 101 Å². The lowest BCUT2D eigenvalue weighted by Crippen LogP contribution is -2.47. The Kier molecular flexibility index (Phi) is 23.4. The fraction of sp³-hybridized carbons (Fsp3) is 0.491. The molecule has 1 atom stereocenters. The van der Waals surface area contributed by atoms with Gasteiger partial charge in [-0.3, -0.25) is 43.4 Å². The average Bonchev–Trinajstić information content (AvgIpc) is 3.80. The standard InChI is InChI=1S/C53H71N9O9S2/c1-3-4-10-26-54-45(63)23-22-43(53(69)59-70-2)57-47(65)17-9-11-29-62-50-42-15-7-8-16-44(42)61(34-39-13-5-6-14-41(39)49(50)58-60-62)48(66)25-24-46(64)55-27-30-71-31-28-56-52(68)38-20-18-37(19-21-38)51(67)40-35-72-32-12-33-73-36-40/h5-8,13-16,18-21,40,43,58,60H,3-4,9-12,17,22-36H2,1-2H3,(H,54,63)(H,55,64)(H,56,68)(H,57,65)(H,59,69)/t43-/m0/s1. The maximum atomic E-state index is 14.1. The summed E-state index contributed by atoms with van der Waals surface area (Å²) in [5, 5.41) is 13.3. The van der Waals surface area contributed by atoms with Crippen LogP contribution in [0, 0.1) is 5.92 Å². The van der Waals surface area contributed by atoms with Crippen LogP contribution in [0.1, 0.15) is 115 Å². The molecule has 20 heteroatoms. The second kappa shape index (κ2) is 30.3. The lowest BCUT2D eigenvalue weighted by molar-refractivity contribution is -0.137. The molecule has 0 spiro atoms. The van der Waals surface area contributed by atoms with Crippen molar-refractivity contribution in [2.45, 2.75) is 90.1 Å². The third-order valence-electron chi connectivity index (χ3n) is 12.5. The number of carbonyl (C=O) groups excluding carboxylic acids is 7. The van der Waals surface area contributed by atoms with Crippen molar-refractivity contribution in [3.8, 4) is 0 Å². The van der Waals surface area contributed by atoms with E-state index in [1.54, 1.807) is 29.2 Å². The van der Waals surface area contributed by atoms with E-state index in [1.807, 2.05) is 77.1 Å². The zero-order valence-electron chi connectivity index (χ0n) is 42.0. The normalized spacial score (nSPS) is 14.9. The fourth-order valence-corrected chi connectivity index (χ4v) is 11.1. The third kappa shape index (κ3) is 17.3. The van der Waals surface area contributed by atoms with E-state index in [-0.39, 0.29) is 106 Å². The highest BCUT2D eigenvalue weighted by Gasteiger charge is 2.33. The summed E-state index contributed by atoms with van der Waals surface area (Å²) >= 11 is 3.66. The van der Waals surface area contributed by atoms with Crippen molar-refractivity contribution in [3.63, 3.8) is 0 Å². The SMILES string of the molecule is CCCCCNC(=O)CC[C@H](NC(=O)CCCCN1NNC2=C1c1ccccc1N(C(=O)CCC(=O)NCCOCCNC(=O)c1ccc(C(=O)C3CSCCCSC3)cc1)Cc1ccccc12)C(=O)NOC. The first-order valence-corrected chi connectivity index (χ1v) is 27.7. The number of thioether (sulfide) groups is 2. The predicted molar refractivity (Wildman–Crippen MR) is 285 cm³/mol. The highest BCUT2D eigenvalue weighted by molar-refractivity contribution is 8.00. The van der Waals surface area contributed by atoms with E-state index in [9.17, 15) is 33.6 Å². The summed E-state index contributed by atoms with van der Waals surface area (Å²) in [6.07, 6.45) is 5.49. The molecule has 1 saturated heterocycles. The quantitative estimate of drug-likeness (QED) is 0.0299. The zero-order chi connectivity index (χ0) is 51.8. The van der Waals surface area contributed by atoms with Crippen LogP contribution in [0.2, 0.25) is 0 Å². The molecule has 0 aliphatic carbocycles. The van der Waals surface area contributed by atoms with Crippen LogP contribution in [0.15, 0.2) is 72.8 Å². The maximum Gasteiger partial charge on any atom is 0.266 e. The number of ketones is 1. The van der Waals surface area contributed by atoms with E-state index < -0.39 is 11.9 Å². The van der Waals surface area contributed by atoms with Crippen molar-refractivity contribution in [2.24, 2.45) is 5.92 Å². The molecule has 7 N–H and O–H groups in total. The average molecular weight is 1040 g/mol. The van der Waals surface area contributed by atoms with E-state index in [4.69, 9.17) is 9.57 Å². The molecule has 3 heterocycles. The monoisotopic (exact) mass is 1040 g/mol. The topological polar surface area (TPSA) is 229 Å². The summed E-state index contributed by atoms with van der Waals surface area (Å²) in [6.45, 7) is 4.38. The smallest absolute Gasteiger partial charge is 0.266 e. The van der Waals surface area contributed by atoms with Crippen LogP contribution in [0.4, 0.5) is 5.69 Å². The summed E-state index contributed by atoms with van der Waals surface area (Å²) in [6, 6.07) is 21.4. The molecule has 18 nitrogen and oxygen atoms in total. The van der Waals surface area contributed by atoms with Crippen LogP contribution in [0.5, 0.6) is 0 Å². The molecule has 3 aromatic rings. The number of hydrogen-bond acceptors (Lipinski definition) is 14. The number of hydrazine groups is 2. The number of ether oxygens (including phenoxy) is 1. The fourth-order valence-electron chi connectivity index (χ4n) is 8.62. The number of para-hydroxylation sites is 1. The first-order chi connectivity index (χ1) is 35.6. The number of hydroxylamine groups is 1. The predicted octanol–water partition coefficient (Wildman–Crippen LogP) is 5.12. The van der Waals surface area contributed by atoms with Gasteiger partial charge in [0, 0.05) is 91.5 Å². The zero-order valence-corrected chi connectivity index (χ0v) is 43.7. The van der Waals surface area contributed by atoms with Crippen molar-refractivity contribution in [1.82, 2.24) is 42.7 Å². The number of anilines is 1. The Morgan fingerprint density at radius 3 is 2.16 bits per heavy atom. The summed E-state index contributed by atoms with van der Waals surface area (Å²) in [4.78, 5) is 97.6. The molecule has 1 fully saturated rings. The Morgan fingerprint density at radius 1 is 0.726 bits per heavy atom. The molecule has 0 unspecified atom stereocenters. The van der Waals surface area contributed by atoms with Gasteiger partial charge in [-0.1, -0.05) is 74.4 Å². The van der Waals surface area contributed by atoms with Gasteiger partial charge in [0.1, 0.15) is 6.04 Å². The van der Waals surface area contributed by atoms with Crippen LogP contribution in [0.3, 0.4) is 0 Å². The number of Topliss-reactive ketones (excluding diaryl/α,β-unsaturated/α-hetero) is 1. The van der Waals surface area contributed by atoms with Crippen molar-refractivity contribution < 1.29 is 43.1 Å². The van der Waals surface area contributed by atoms with Gasteiger partial charge in [-0.25, -0.2) is 5.48 Å². The van der Waals surface area contributed by atoms with Crippen molar-refractivity contribution in [1.29, 1.82) is 0 Å². The molecule has 6 amide bonds. The Hall–Kier alpha value is -5.93. The number of rotatable bonds is 27. The highest BCUT2D eigenvalue weighted by atomic mass is 32.2. The number of carbonyl (C=O) groups is 7. The summed E-state index contributed by atoms with van der Waals surface area (Å²) in [5.74, 6) is 2.10. The van der Waals surface area contributed by atoms with Gasteiger partial charge in [-0.15, -0.1) is 5.53 Å². The van der Waals surface area contributed by atoms with E-state index >= 15 is 0 Å². The van der Waals surface area contributed by atoms with Gasteiger partial charge in [0.05, 0.1) is 43.9 Å². The summed E-state index contributed by atoms with van der Waals surface area (Å²) < 4.78 is 5.65. The van der Waals surface area contributed by atoms with Gasteiger partial charge in [0.15, 0.2) is 5.78 Å². The minimum Gasteiger partial charge on any atom is -0.378 e. The van der Waals surface area contributed by atoms with Crippen molar-refractivity contribution in [2.75, 3.05) is 74.4 Å². The van der Waals surface area contributed by atoms with Crippen LogP contribution < -0.4 is 42.6 Å². The molecule has 0 saturated carbocycles. The summed E-state index contributed by atoms with van der Waals surface area (Å²) in [7, 11) is 1.31. The molecule has 0 bridgehead atoms. The largest absolute Gasteiger partial charge is 0.378 e. The van der Waals surface area contributed by atoms with Gasteiger partial charge < -0.3 is 36.3 Å². The molecular formula is C53H71N9O9S2. The minimum absolute atomic E-state index is 0.0186. The van der Waals surface area contributed by atoms with Crippen LogP contribution >= 0.6 is 23.5 Å². The Bertz CT molecular complexity index is 2380. The van der Waals surface area contributed by atoms with E-state index in [1.165, 1.54) is 13.5 Å². The number of amides is 6. The van der Waals surface area contributed by atoms with Crippen LogP contribution in [0.25, 0.3) is 11.4 Å². The van der Waals surface area contributed by atoms with Crippen LogP contribution in [-0.2, 0) is 40.1 Å². The first kappa shape index (κ1) is 56.4. The Balaban J connectivity index is 0.948. The van der Waals surface area contributed by atoms with Gasteiger partial charge in [0.25, 0.3) is 11.8 Å². The van der Waals surface area contributed by atoms with Gasteiger partial charge in [-0.2, -0.15) is 23.5 Å². The Labute approximate surface area is 436 Å². The number of nitrogens with one attached hydrogen (secondary N) is 7. The molecule has 0 radical (unpaired) electrons. The van der Waals surface area contributed by atoms with Gasteiger partial charge >= 0.3 is 0 Å². The molecule has 73 heavy (non-hydrogen) atoms. The number of benzene rings is 3. The van der Waals surface area contributed by atoms with E-state index in [0.29, 0.717) is 42.7 Å². The molecule has 0 aromatic heterocycles. The second-order valence-corrected chi connectivity index (χ2v) is 20.3. The molecule has 3 aromatic carbocycles. The molecule has 6 rings (SSSR count). The van der Waals surface area contributed by atoms with Gasteiger partial charge in [-0.05, 0) is 67.4 Å². The maximum absolute atomic E-state index is 14.1. The van der Waals surface area contributed by atoms with E-state index in [0.717, 1.165) is 70.4 Å². The number of unbranched alkanes of at least 4 members (excludes halogenated alkanes) is 3. The number of hydrogen-bond donors (Lipinski definition) is 7. The lowest BCUT2D eigenvalue weighted by Gasteiger charge is -2.31. The lowest BCUT2D eigenvalue weighted by atomic mass is 9.95. The minimum atomic E-state index is -0.938. The summed E-state index contributed by atoms with van der Waals surface area (Å²) in [5.41, 5.74) is 15.0. The first-order valence-electron chi connectivity index (χ1n) is 25.4. The third-order valence-corrected chi connectivity index (χ3v) is 15.0. The van der Waals surface area contributed by atoms with E-state index in [2.05, 4.69) is 44.6 Å². The van der Waals surface area contributed by atoms with Crippen molar-refractivity contribution >= 4 is 81.8 Å². The molecule has 3 aliphatic rings. The van der Waals surface area contributed by atoms with Gasteiger partial charge in [0.2, 0.25) is 23.6 Å². The van der Waals surface area contributed by atoms with Crippen LogP contribution in [-0.4, -0.2) is 122 Å². The number of fused-ring (bicyclic) bond motifs is 4. The molecular weight excluding hydrogens is 971 g/mol. The highest BCUT2D eigenvalue weighted by Crippen LogP contribution is 2.40. The molecule has 394 valence electrons. The number of nitrogens with zero attached hydrogens (tertiary/aromatic N) is 2. The molecule has 3 aliphatic heterocycles. The Morgan fingerprint density at radius 2 is 1.41 bits per heavy atom.